The molecule has 2 aromatic rings. The van der Waals surface area contributed by atoms with Crippen molar-refractivity contribution >= 4 is 58.2 Å². The van der Waals surface area contributed by atoms with Gasteiger partial charge in [0, 0.05) is 37.6 Å². The van der Waals surface area contributed by atoms with E-state index in [9.17, 15) is 14.4 Å². The van der Waals surface area contributed by atoms with Crippen molar-refractivity contribution in [3.8, 4) is 0 Å². The first-order valence-corrected chi connectivity index (χ1v) is 11.6. The summed E-state index contributed by atoms with van der Waals surface area (Å²) in [4.78, 5) is 40.4. The van der Waals surface area contributed by atoms with Gasteiger partial charge in [-0.1, -0.05) is 29.3 Å². The molecule has 0 saturated carbocycles. The molecular formula is C24H28Cl2N4O4. The van der Waals surface area contributed by atoms with E-state index in [4.69, 9.17) is 27.9 Å². The van der Waals surface area contributed by atoms with Gasteiger partial charge in [-0.2, -0.15) is 0 Å². The van der Waals surface area contributed by atoms with Crippen molar-refractivity contribution in [1.29, 1.82) is 0 Å². The summed E-state index contributed by atoms with van der Waals surface area (Å²) in [6.45, 7) is 7.61. The van der Waals surface area contributed by atoms with Gasteiger partial charge in [0.05, 0.1) is 15.7 Å². The number of ether oxygens (including phenoxy) is 1. The number of benzene rings is 2. The van der Waals surface area contributed by atoms with Gasteiger partial charge in [0.2, 0.25) is 5.91 Å². The molecule has 1 fully saturated rings. The fraction of sp³-hybridized carbons (Fsp3) is 0.375. The molecule has 34 heavy (non-hydrogen) atoms. The van der Waals surface area contributed by atoms with E-state index in [0.29, 0.717) is 47.6 Å². The number of hydrogen-bond acceptors (Lipinski definition) is 5. The van der Waals surface area contributed by atoms with E-state index >= 15 is 0 Å². The highest BCUT2D eigenvalue weighted by Crippen LogP contribution is 2.30. The van der Waals surface area contributed by atoms with Gasteiger partial charge in [-0.25, -0.2) is 4.79 Å². The monoisotopic (exact) mass is 506 g/mol. The second-order valence-electron chi connectivity index (χ2n) is 8.86. The van der Waals surface area contributed by atoms with Crippen LogP contribution in [0.2, 0.25) is 10.0 Å². The van der Waals surface area contributed by atoms with Crippen LogP contribution >= 0.6 is 23.2 Å². The molecule has 2 aromatic carbocycles. The molecule has 1 aliphatic heterocycles. The zero-order valence-corrected chi connectivity index (χ0v) is 20.9. The minimum atomic E-state index is -0.634. The van der Waals surface area contributed by atoms with Crippen LogP contribution in [0, 0.1) is 0 Å². The Hall–Kier alpha value is -2.97. The highest BCUT2D eigenvalue weighted by Gasteiger charge is 2.23. The summed E-state index contributed by atoms with van der Waals surface area (Å²) >= 11 is 12.3. The van der Waals surface area contributed by atoms with Gasteiger partial charge in [0.1, 0.15) is 12.0 Å². The maximum Gasteiger partial charge on any atom is 0.322 e. The Balaban J connectivity index is 1.49. The molecule has 0 aromatic heterocycles. The van der Waals surface area contributed by atoms with E-state index in [1.54, 1.807) is 56.0 Å². The quantitative estimate of drug-likeness (QED) is 0.438. The Morgan fingerprint density at radius 1 is 0.912 bits per heavy atom. The Morgan fingerprint density at radius 3 is 2.06 bits per heavy atom. The summed E-state index contributed by atoms with van der Waals surface area (Å²) in [5, 5.41) is 6.26. The lowest BCUT2D eigenvalue weighted by atomic mass is 10.2. The average molecular weight is 507 g/mol. The number of carbonyl (C=O) groups excluding carboxylic acids is 3. The molecule has 1 saturated heterocycles. The van der Waals surface area contributed by atoms with Crippen molar-refractivity contribution in [2.75, 3.05) is 41.7 Å². The molecule has 0 radical (unpaired) electrons. The van der Waals surface area contributed by atoms with Crippen molar-refractivity contribution in [3.05, 3.63) is 52.5 Å². The lowest BCUT2D eigenvalue weighted by Gasteiger charge is -2.36. The van der Waals surface area contributed by atoms with E-state index in [2.05, 4.69) is 15.5 Å². The predicted molar refractivity (Wildman–Crippen MR) is 135 cm³/mol. The van der Waals surface area contributed by atoms with Gasteiger partial charge in [-0.05, 0) is 57.2 Å². The highest BCUT2D eigenvalue weighted by molar-refractivity contribution is 6.39. The predicted octanol–water partition coefficient (Wildman–Crippen LogP) is 5.02. The first-order chi connectivity index (χ1) is 16.0. The van der Waals surface area contributed by atoms with Gasteiger partial charge in [-0.15, -0.1) is 0 Å². The molecule has 0 bridgehead atoms. The molecule has 0 spiro atoms. The first-order valence-electron chi connectivity index (χ1n) is 10.9. The van der Waals surface area contributed by atoms with Gasteiger partial charge < -0.3 is 25.2 Å². The Labute approximate surface area is 209 Å². The molecule has 0 aliphatic carbocycles. The van der Waals surface area contributed by atoms with E-state index in [1.807, 2.05) is 12.1 Å². The average Bonchev–Trinajstić information content (AvgIpc) is 2.75. The molecule has 1 aliphatic rings. The Bertz CT molecular complexity index is 1030. The second kappa shape index (κ2) is 11.0. The number of nitrogens with one attached hydrogen (secondary N) is 2. The molecule has 1 heterocycles. The van der Waals surface area contributed by atoms with Gasteiger partial charge in [0.25, 0.3) is 0 Å². The summed E-state index contributed by atoms with van der Waals surface area (Å²) in [6, 6.07) is 12.1. The number of hydrogen-bond donors (Lipinski definition) is 2. The summed E-state index contributed by atoms with van der Waals surface area (Å²) in [7, 11) is 0. The third-order valence-corrected chi connectivity index (χ3v) is 5.63. The topological polar surface area (TPSA) is 91.0 Å². The maximum atomic E-state index is 12.6. The number of piperazine rings is 1. The number of nitrogens with zero attached hydrogens (tertiary/aromatic N) is 2. The number of rotatable bonds is 5. The van der Waals surface area contributed by atoms with Gasteiger partial charge in [0.15, 0.2) is 0 Å². The number of para-hydroxylation sites is 1. The number of halogens is 2. The molecule has 0 unspecified atom stereocenters. The van der Waals surface area contributed by atoms with Crippen molar-refractivity contribution in [2.24, 2.45) is 0 Å². The van der Waals surface area contributed by atoms with E-state index in [1.165, 1.54) is 0 Å². The molecule has 3 rings (SSSR count). The molecule has 8 nitrogen and oxygen atoms in total. The van der Waals surface area contributed by atoms with Crippen molar-refractivity contribution in [2.45, 2.75) is 32.8 Å². The summed E-state index contributed by atoms with van der Waals surface area (Å²) < 4.78 is 5.16. The maximum absolute atomic E-state index is 12.6. The van der Waals surface area contributed by atoms with Crippen LogP contribution in [0.3, 0.4) is 0 Å². The van der Waals surface area contributed by atoms with Crippen molar-refractivity contribution in [1.82, 2.24) is 4.90 Å². The molecule has 10 heteroatoms. The van der Waals surface area contributed by atoms with E-state index < -0.39 is 17.5 Å². The molecule has 2 N–H and O–H groups in total. The van der Waals surface area contributed by atoms with Crippen molar-refractivity contribution in [3.63, 3.8) is 0 Å². The largest absolute Gasteiger partial charge is 0.460 e. The summed E-state index contributed by atoms with van der Waals surface area (Å²) in [6.07, 6.45) is -0.345. The number of carbonyl (C=O) groups is 3. The number of anilines is 3. The second-order valence-corrected chi connectivity index (χ2v) is 9.67. The SMILES string of the molecule is CC(C)(C)OC(=O)CC(=O)Nc1ccc(N2CCN(C(=O)Nc3c(Cl)cccc3Cl)CC2)cc1. The lowest BCUT2D eigenvalue weighted by Crippen LogP contribution is -2.50. The molecular weight excluding hydrogens is 479 g/mol. The lowest BCUT2D eigenvalue weighted by molar-refractivity contribution is -0.155. The smallest absolute Gasteiger partial charge is 0.322 e. The van der Waals surface area contributed by atoms with Crippen LogP contribution in [0.1, 0.15) is 27.2 Å². The standard InChI is InChI=1S/C24H28Cl2N4O4/c1-24(2,3)34-21(32)15-20(31)27-16-7-9-17(10-8-16)29-11-13-30(14-12-29)23(33)28-22-18(25)5-4-6-19(22)26/h4-10H,11-15H2,1-3H3,(H,27,31)(H,28,33). The third-order valence-electron chi connectivity index (χ3n) is 5.00. The van der Waals surface area contributed by atoms with Crippen LogP contribution in [-0.4, -0.2) is 54.6 Å². The van der Waals surface area contributed by atoms with Gasteiger partial charge in [-0.3, -0.25) is 9.59 Å². The minimum absolute atomic E-state index is 0.252. The third kappa shape index (κ3) is 7.27. The Kier molecular flexibility index (Phi) is 8.28. The molecule has 0 atom stereocenters. The molecule has 182 valence electrons. The zero-order chi connectivity index (χ0) is 24.9. The van der Waals surface area contributed by atoms with Crippen LogP contribution in [0.15, 0.2) is 42.5 Å². The fourth-order valence-electron chi connectivity index (χ4n) is 3.44. The highest BCUT2D eigenvalue weighted by atomic mass is 35.5. The normalized spacial score (nSPS) is 13.9. The molecule has 3 amide bonds. The van der Waals surface area contributed by atoms with Crippen LogP contribution in [0.5, 0.6) is 0 Å². The Morgan fingerprint density at radius 2 is 1.50 bits per heavy atom. The van der Waals surface area contributed by atoms with Gasteiger partial charge >= 0.3 is 12.0 Å². The van der Waals surface area contributed by atoms with E-state index in [-0.39, 0.29) is 12.5 Å². The van der Waals surface area contributed by atoms with Crippen molar-refractivity contribution < 1.29 is 19.1 Å². The minimum Gasteiger partial charge on any atom is -0.460 e. The number of esters is 1. The van der Waals surface area contributed by atoms with Crippen LogP contribution < -0.4 is 15.5 Å². The van der Waals surface area contributed by atoms with Crippen LogP contribution in [0.4, 0.5) is 21.9 Å². The van der Waals surface area contributed by atoms with Crippen LogP contribution in [-0.2, 0) is 14.3 Å². The van der Waals surface area contributed by atoms with E-state index in [0.717, 1.165) is 5.69 Å². The number of urea groups is 1. The van der Waals surface area contributed by atoms with Crippen LogP contribution in [0.25, 0.3) is 0 Å². The zero-order valence-electron chi connectivity index (χ0n) is 19.4. The fourth-order valence-corrected chi connectivity index (χ4v) is 3.93. The summed E-state index contributed by atoms with van der Waals surface area (Å²) in [5.41, 5.74) is 1.33. The first kappa shape index (κ1) is 25.6. The summed E-state index contributed by atoms with van der Waals surface area (Å²) in [5.74, 6) is -0.999. The number of amides is 3.